The topological polar surface area (TPSA) is 84.3 Å². The number of halogens is 4. The maximum absolute atomic E-state index is 13.2. The van der Waals surface area contributed by atoms with E-state index in [2.05, 4.69) is 15.5 Å². The molecule has 1 fully saturated rings. The smallest absolute Gasteiger partial charge is 0.437 e. The van der Waals surface area contributed by atoms with Gasteiger partial charge in [0.15, 0.2) is 5.69 Å². The molecule has 0 aliphatic heterocycles. The molecule has 1 aliphatic carbocycles. The molecule has 10 heteroatoms. The van der Waals surface area contributed by atoms with Crippen molar-refractivity contribution < 1.29 is 32.2 Å². The van der Waals surface area contributed by atoms with Crippen molar-refractivity contribution in [2.75, 3.05) is 5.32 Å². The van der Waals surface area contributed by atoms with Gasteiger partial charge in [0, 0.05) is 6.04 Å². The first-order chi connectivity index (χ1) is 12.2. The fraction of sp³-hybridized carbons (Fsp3) is 0.312. The van der Waals surface area contributed by atoms with Gasteiger partial charge in [0.2, 0.25) is 0 Å². The molecule has 1 saturated carbocycles. The van der Waals surface area contributed by atoms with E-state index in [0.717, 1.165) is 12.1 Å². The Kier molecular flexibility index (Phi) is 4.43. The van der Waals surface area contributed by atoms with E-state index in [4.69, 9.17) is 4.74 Å². The molecule has 1 aromatic heterocycles. The summed E-state index contributed by atoms with van der Waals surface area (Å²) < 4.78 is 58.2. The number of aromatic carboxylic acids is 1. The maximum atomic E-state index is 13.2. The zero-order valence-electron chi connectivity index (χ0n) is 13.4. The molecule has 0 bridgehead atoms. The molecule has 0 spiro atoms. The van der Waals surface area contributed by atoms with Crippen LogP contribution in [0.4, 0.5) is 23.2 Å². The second kappa shape index (κ2) is 6.43. The van der Waals surface area contributed by atoms with Gasteiger partial charge in [-0.15, -0.1) is 10.2 Å². The highest BCUT2D eigenvalue weighted by Crippen LogP contribution is 2.40. The number of hydrogen-bond acceptors (Lipinski definition) is 5. The Morgan fingerprint density at radius 1 is 1.31 bits per heavy atom. The molecule has 1 aromatic carbocycles. The third-order valence-corrected chi connectivity index (χ3v) is 3.69. The van der Waals surface area contributed by atoms with E-state index in [1.54, 1.807) is 0 Å². The SMILES string of the molecule is Cc1cc(F)ccc1Oc1nnc(C(F)(F)F)c(NC2CC2)c1C(=O)O. The molecule has 2 aromatic rings. The first kappa shape index (κ1) is 17.9. The second-order valence-electron chi connectivity index (χ2n) is 5.84. The van der Waals surface area contributed by atoms with Crippen LogP contribution in [0.2, 0.25) is 0 Å². The van der Waals surface area contributed by atoms with Crippen LogP contribution < -0.4 is 10.1 Å². The molecule has 1 heterocycles. The maximum Gasteiger partial charge on any atom is 0.437 e. The number of nitrogens with zero attached hydrogens (tertiary/aromatic N) is 2. The van der Waals surface area contributed by atoms with Gasteiger partial charge in [-0.3, -0.25) is 0 Å². The average molecular weight is 371 g/mol. The van der Waals surface area contributed by atoms with Gasteiger partial charge in [-0.2, -0.15) is 13.2 Å². The number of carbonyl (C=O) groups is 1. The highest BCUT2D eigenvalue weighted by atomic mass is 19.4. The third kappa shape index (κ3) is 3.68. The Morgan fingerprint density at radius 3 is 2.54 bits per heavy atom. The molecule has 0 amide bonds. The molecule has 0 saturated heterocycles. The lowest BCUT2D eigenvalue weighted by Crippen LogP contribution is -2.20. The molecule has 1 aliphatic rings. The van der Waals surface area contributed by atoms with Gasteiger partial charge in [-0.1, -0.05) is 0 Å². The van der Waals surface area contributed by atoms with Crippen molar-refractivity contribution in [2.45, 2.75) is 32.0 Å². The zero-order valence-corrected chi connectivity index (χ0v) is 13.4. The lowest BCUT2D eigenvalue weighted by Gasteiger charge is -2.17. The minimum atomic E-state index is -4.89. The summed E-state index contributed by atoms with van der Waals surface area (Å²) in [6.07, 6.45) is -3.66. The first-order valence-electron chi connectivity index (χ1n) is 7.58. The second-order valence-corrected chi connectivity index (χ2v) is 5.84. The van der Waals surface area contributed by atoms with Crippen LogP contribution in [0.5, 0.6) is 11.6 Å². The minimum absolute atomic E-state index is 0.0559. The number of carboxylic acid groups (broad SMARTS) is 1. The quantitative estimate of drug-likeness (QED) is 0.773. The first-order valence-corrected chi connectivity index (χ1v) is 7.58. The summed E-state index contributed by atoms with van der Waals surface area (Å²) in [6.45, 7) is 1.50. The fourth-order valence-corrected chi connectivity index (χ4v) is 2.29. The van der Waals surface area contributed by atoms with Crippen LogP contribution in [0.25, 0.3) is 0 Å². The molecule has 138 valence electrons. The van der Waals surface area contributed by atoms with Crippen LogP contribution >= 0.6 is 0 Å². The summed E-state index contributed by atoms with van der Waals surface area (Å²) >= 11 is 0. The summed E-state index contributed by atoms with van der Waals surface area (Å²) in [4.78, 5) is 11.6. The number of aryl methyl sites for hydroxylation is 1. The number of hydrogen-bond donors (Lipinski definition) is 2. The van der Waals surface area contributed by atoms with Gasteiger partial charge < -0.3 is 15.2 Å². The normalized spacial score (nSPS) is 14.2. The number of rotatable bonds is 5. The highest BCUT2D eigenvalue weighted by molar-refractivity contribution is 5.97. The van der Waals surface area contributed by atoms with E-state index in [-0.39, 0.29) is 11.8 Å². The Morgan fingerprint density at radius 2 is 2.00 bits per heavy atom. The number of aromatic nitrogens is 2. The minimum Gasteiger partial charge on any atom is -0.477 e. The van der Waals surface area contributed by atoms with Crippen LogP contribution in [0, 0.1) is 12.7 Å². The molecular weight excluding hydrogens is 358 g/mol. The van der Waals surface area contributed by atoms with Gasteiger partial charge in [-0.25, -0.2) is 9.18 Å². The van der Waals surface area contributed by atoms with Crippen LogP contribution in [0.15, 0.2) is 18.2 Å². The Bertz CT molecular complexity index is 867. The molecule has 2 N–H and O–H groups in total. The largest absolute Gasteiger partial charge is 0.477 e. The number of ether oxygens (including phenoxy) is 1. The predicted molar refractivity (Wildman–Crippen MR) is 81.8 cm³/mol. The third-order valence-electron chi connectivity index (χ3n) is 3.69. The van der Waals surface area contributed by atoms with Crippen molar-refractivity contribution in [3.63, 3.8) is 0 Å². The summed E-state index contributed by atoms with van der Waals surface area (Å²) in [5.41, 5.74) is -2.56. The fourth-order valence-electron chi connectivity index (χ4n) is 2.29. The van der Waals surface area contributed by atoms with Gasteiger partial charge in [0.25, 0.3) is 5.88 Å². The Hall–Kier alpha value is -2.91. The van der Waals surface area contributed by atoms with E-state index in [9.17, 15) is 27.5 Å². The van der Waals surface area contributed by atoms with Crippen LogP contribution in [0.1, 0.15) is 34.5 Å². The van der Waals surface area contributed by atoms with E-state index in [1.807, 2.05) is 0 Å². The summed E-state index contributed by atoms with van der Waals surface area (Å²) in [5, 5.41) is 18.4. The monoisotopic (exact) mass is 371 g/mol. The lowest BCUT2D eigenvalue weighted by atomic mass is 10.1. The number of benzene rings is 1. The van der Waals surface area contributed by atoms with Gasteiger partial charge in [-0.05, 0) is 43.5 Å². The summed E-state index contributed by atoms with van der Waals surface area (Å²) in [5.74, 6) is -2.74. The summed E-state index contributed by atoms with van der Waals surface area (Å²) in [6, 6.07) is 3.17. The van der Waals surface area contributed by atoms with Crippen molar-refractivity contribution in [3.05, 3.63) is 40.8 Å². The predicted octanol–water partition coefficient (Wildman–Crippen LogP) is 4.01. The zero-order chi connectivity index (χ0) is 19.1. The van der Waals surface area contributed by atoms with Crippen LogP contribution in [0.3, 0.4) is 0 Å². The molecule has 26 heavy (non-hydrogen) atoms. The molecule has 0 atom stereocenters. The summed E-state index contributed by atoms with van der Waals surface area (Å²) in [7, 11) is 0. The molecule has 3 rings (SSSR count). The van der Waals surface area contributed by atoms with Crippen molar-refractivity contribution in [2.24, 2.45) is 0 Å². The van der Waals surface area contributed by atoms with E-state index < -0.39 is 40.8 Å². The molecule has 0 unspecified atom stereocenters. The molecule has 0 radical (unpaired) electrons. The van der Waals surface area contributed by atoms with E-state index in [1.165, 1.54) is 13.0 Å². The Balaban J connectivity index is 2.11. The Labute approximate surface area is 144 Å². The number of alkyl halides is 3. The number of nitrogens with one attached hydrogen (secondary N) is 1. The van der Waals surface area contributed by atoms with Crippen molar-refractivity contribution in [3.8, 4) is 11.6 Å². The highest BCUT2D eigenvalue weighted by Gasteiger charge is 2.41. The van der Waals surface area contributed by atoms with E-state index in [0.29, 0.717) is 18.4 Å². The lowest BCUT2D eigenvalue weighted by molar-refractivity contribution is -0.141. The average Bonchev–Trinajstić information content (AvgIpc) is 3.32. The van der Waals surface area contributed by atoms with Crippen molar-refractivity contribution in [1.82, 2.24) is 10.2 Å². The van der Waals surface area contributed by atoms with Gasteiger partial charge in [0.05, 0.1) is 5.69 Å². The van der Waals surface area contributed by atoms with Crippen molar-refractivity contribution >= 4 is 11.7 Å². The van der Waals surface area contributed by atoms with Gasteiger partial charge >= 0.3 is 12.1 Å². The standard InChI is InChI=1S/C16H13F4N3O3/c1-7-6-8(17)2-5-10(7)26-14-11(15(24)25)12(21-9-3-4-9)13(22-23-14)16(18,19)20/h2,5-6,9H,3-4H2,1H3,(H,21,23)(H,24,25). The van der Waals surface area contributed by atoms with Gasteiger partial charge in [0.1, 0.15) is 17.1 Å². The number of carboxylic acids is 1. The molecular formula is C16H13F4N3O3. The van der Waals surface area contributed by atoms with Crippen molar-refractivity contribution in [1.29, 1.82) is 0 Å². The number of anilines is 1. The van der Waals surface area contributed by atoms with Crippen LogP contribution in [-0.2, 0) is 6.18 Å². The van der Waals surface area contributed by atoms with Crippen LogP contribution in [-0.4, -0.2) is 27.3 Å². The van der Waals surface area contributed by atoms with E-state index >= 15 is 0 Å². The molecule has 6 nitrogen and oxygen atoms in total.